The van der Waals surface area contributed by atoms with E-state index < -0.39 is 17.4 Å². The van der Waals surface area contributed by atoms with Crippen molar-refractivity contribution in [1.82, 2.24) is 18.7 Å². The van der Waals surface area contributed by atoms with Crippen molar-refractivity contribution in [3.63, 3.8) is 0 Å². The van der Waals surface area contributed by atoms with Crippen LogP contribution in [0.15, 0.2) is 39.0 Å². The number of benzene rings is 1. The number of rotatable bonds is 8. The summed E-state index contributed by atoms with van der Waals surface area (Å²) in [6.45, 7) is 4.16. The quantitative estimate of drug-likeness (QED) is 0.535. The van der Waals surface area contributed by atoms with Crippen molar-refractivity contribution in [3.8, 4) is 11.5 Å². The summed E-state index contributed by atoms with van der Waals surface area (Å²) in [6.07, 6.45) is -0.891. The van der Waals surface area contributed by atoms with Crippen LogP contribution >= 0.6 is 11.8 Å². The van der Waals surface area contributed by atoms with Crippen LogP contribution in [0, 0.1) is 0 Å². The molecule has 0 radical (unpaired) electrons. The van der Waals surface area contributed by atoms with Gasteiger partial charge in [-0.2, -0.15) is 0 Å². The van der Waals surface area contributed by atoms with Gasteiger partial charge in [0.2, 0.25) is 0 Å². The van der Waals surface area contributed by atoms with Gasteiger partial charge in [-0.3, -0.25) is 13.9 Å². The third kappa shape index (κ3) is 4.39. The maximum absolute atomic E-state index is 12.8. The monoisotopic (exact) mass is 434 g/mol. The molecular formula is C20H26N4O5S. The van der Waals surface area contributed by atoms with Crippen molar-refractivity contribution >= 4 is 22.9 Å². The van der Waals surface area contributed by atoms with E-state index in [1.54, 1.807) is 43.0 Å². The van der Waals surface area contributed by atoms with E-state index in [0.717, 1.165) is 4.57 Å². The van der Waals surface area contributed by atoms with E-state index in [-0.39, 0.29) is 23.9 Å². The van der Waals surface area contributed by atoms with Crippen molar-refractivity contribution in [1.29, 1.82) is 0 Å². The first-order valence-electron chi connectivity index (χ1n) is 9.50. The molecule has 0 aliphatic carbocycles. The van der Waals surface area contributed by atoms with Crippen molar-refractivity contribution in [2.45, 2.75) is 36.9 Å². The maximum atomic E-state index is 12.8. The second-order valence-electron chi connectivity index (χ2n) is 7.19. The first-order valence-corrected chi connectivity index (χ1v) is 10.4. The van der Waals surface area contributed by atoms with Crippen molar-refractivity contribution < 1.29 is 14.6 Å². The molecule has 10 heteroatoms. The zero-order valence-corrected chi connectivity index (χ0v) is 18.5. The van der Waals surface area contributed by atoms with Crippen LogP contribution in [-0.4, -0.2) is 48.9 Å². The third-order valence-electron chi connectivity index (χ3n) is 4.55. The van der Waals surface area contributed by atoms with Gasteiger partial charge in [0.1, 0.15) is 24.2 Å². The second-order valence-corrected chi connectivity index (χ2v) is 8.73. The lowest BCUT2D eigenvalue weighted by Crippen LogP contribution is -2.38. The largest absolute Gasteiger partial charge is 0.497 e. The Hall–Kier alpha value is -2.72. The molecule has 0 aliphatic rings. The summed E-state index contributed by atoms with van der Waals surface area (Å²) in [7, 11) is 4.59. The van der Waals surface area contributed by atoms with Gasteiger partial charge in [-0.05, 0) is 24.3 Å². The van der Waals surface area contributed by atoms with Gasteiger partial charge in [0, 0.05) is 19.3 Å². The molecule has 0 amide bonds. The molecule has 0 fully saturated rings. The molecule has 0 aliphatic heterocycles. The molecule has 9 nitrogen and oxygen atoms in total. The third-order valence-corrected chi connectivity index (χ3v) is 5.54. The number of methoxy groups -OCH3 is 1. The van der Waals surface area contributed by atoms with E-state index in [9.17, 15) is 14.7 Å². The zero-order valence-electron chi connectivity index (χ0n) is 17.7. The molecule has 30 heavy (non-hydrogen) atoms. The lowest BCUT2D eigenvalue weighted by Gasteiger charge is -2.16. The number of aliphatic hydroxyl groups is 1. The van der Waals surface area contributed by atoms with Crippen LogP contribution in [0.1, 0.15) is 13.8 Å². The number of hydrogen-bond donors (Lipinski definition) is 1. The highest BCUT2D eigenvalue weighted by atomic mass is 32.2. The first kappa shape index (κ1) is 22.0. The van der Waals surface area contributed by atoms with Gasteiger partial charge in [-0.25, -0.2) is 9.78 Å². The smallest absolute Gasteiger partial charge is 0.332 e. The zero-order chi connectivity index (χ0) is 22.0. The van der Waals surface area contributed by atoms with Crippen LogP contribution in [-0.2, 0) is 20.6 Å². The van der Waals surface area contributed by atoms with Crippen LogP contribution in [0.5, 0.6) is 11.5 Å². The van der Waals surface area contributed by atoms with Gasteiger partial charge in [0.25, 0.3) is 5.56 Å². The number of aryl methyl sites for hydroxylation is 1. The molecule has 3 aromatic rings. The van der Waals surface area contributed by atoms with E-state index >= 15 is 0 Å². The summed E-state index contributed by atoms with van der Waals surface area (Å²) in [5, 5.41) is 11.4. The predicted octanol–water partition coefficient (Wildman–Crippen LogP) is 1.38. The minimum atomic E-state index is -0.891. The fourth-order valence-electron chi connectivity index (χ4n) is 3.02. The lowest BCUT2D eigenvalue weighted by atomic mass is 10.3. The molecule has 0 bridgehead atoms. The van der Waals surface area contributed by atoms with Crippen LogP contribution in [0.4, 0.5) is 0 Å². The number of ether oxygens (including phenoxy) is 2. The molecule has 0 saturated carbocycles. The average Bonchev–Trinajstić information content (AvgIpc) is 3.06. The number of imidazole rings is 1. The van der Waals surface area contributed by atoms with Gasteiger partial charge in [-0.1, -0.05) is 25.6 Å². The van der Waals surface area contributed by atoms with E-state index in [0.29, 0.717) is 22.3 Å². The molecule has 1 aromatic carbocycles. The molecule has 1 atom stereocenters. The normalized spacial score (nSPS) is 12.5. The molecule has 3 rings (SSSR count). The van der Waals surface area contributed by atoms with Gasteiger partial charge in [0.05, 0.1) is 13.7 Å². The van der Waals surface area contributed by atoms with Crippen molar-refractivity contribution in [3.05, 3.63) is 45.1 Å². The Morgan fingerprint density at radius 1 is 1.10 bits per heavy atom. The summed E-state index contributed by atoms with van der Waals surface area (Å²) in [6, 6.07) is 7.05. The maximum Gasteiger partial charge on any atom is 0.332 e. The number of aliphatic hydroxyl groups excluding tert-OH is 1. The van der Waals surface area contributed by atoms with Crippen LogP contribution in [0.25, 0.3) is 11.2 Å². The topological polar surface area (TPSA) is 101 Å². The highest BCUT2D eigenvalue weighted by Crippen LogP contribution is 2.25. The summed E-state index contributed by atoms with van der Waals surface area (Å²) >= 11 is 1.46. The number of fused-ring (bicyclic) bond motifs is 1. The van der Waals surface area contributed by atoms with Crippen LogP contribution in [0.2, 0.25) is 0 Å². The van der Waals surface area contributed by atoms with Crippen LogP contribution < -0.4 is 20.7 Å². The Bertz CT molecular complexity index is 1150. The molecule has 0 spiro atoms. The van der Waals surface area contributed by atoms with Crippen LogP contribution in [0.3, 0.4) is 0 Å². The van der Waals surface area contributed by atoms with E-state index in [1.165, 1.54) is 23.4 Å². The number of nitrogens with zero attached hydrogens (tertiary/aromatic N) is 4. The molecule has 2 aromatic heterocycles. The lowest BCUT2D eigenvalue weighted by molar-refractivity contribution is 0.0913. The van der Waals surface area contributed by atoms with Crippen molar-refractivity contribution in [2.75, 3.05) is 13.7 Å². The van der Waals surface area contributed by atoms with Gasteiger partial charge >= 0.3 is 5.69 Å². The Morgan fingerprint density at radius 3 is 2.33 bits per heavy atom. The number of thioether (sulfide) groups is 1. The Morgan fingerprint density at radius 2 is 1.73 bits per heavy atom. The standard InChI is InChI=1S/C20H26N4O5S/c1-12(2)30-19-21-17-16(18(26)23(4)20(27)22(17)3)24(19)10-13(25)11-29-15-8-6-14(28-5)7-9-15/h6-9,12-13,25H,10-11H2,1-5H3/t13-/m0/s1. The minimum absolute atomic E-state index is 0.0316. The highest BCUT2D eigenvalue weighted by molar-refractivity contribution is 7.99. The van der Waals surface area contributed by atoms with Crippen molar-refractivity contribution in [2.24, 2.45) is 14.1 Å². The molecule has 1 N–H and O–H groups in total. The minimum Gasteiger partial charge on any atom is -0.497 e. The second kappa shape index (κ2) is 8.97. The summed E-state index contributed by atoms with van der Waals surface area (Å²) in [5.41, 5.74) is -0.304. The number of hydrogen-bond acceptors (Lipinski definition) is 7. The summed E-state index contributed by atoms with van der Waals surface area (Å²) in [4.78, 5) is 29.6. The predicted molar refractivity (Wildman–Crippen MR) is 116 cm³/mol. The van der Waals surface area contributed by atoms with E-state index in [1.807, 2.05) is 13.8 Å². The summed E-state index contributed by atoms with van der Waals surface area (Å²) in [5.74, 6) is 1.31. The number of aromatic nitrogens is 4. The Balaban J connectivity index is 1.91. The molecule has 0 saturated heterocycles. The fourth-order valence-corrected chi connectivity index (χ4v) is 3.88. The van der Waals surface area contributed by atoms with E-state index in [4.69, 9.17) is 9.47 Å². The molecule has 2 heterocycles. The first-order chi connectivity index (χ1) is 14.2. The average molecular weight is 435 g/mol. The van der Waals surface area contributed by atoms with Gasteiger partial charge in [0.15, 0.2) is 16.3 Å². The van der Waals surface area contributed by atoms with E-state index in [2.05, 4.69) is 4.98 Å². The highest BCUT2D eigenvalue weighted by Gasteiger charge is 2.22. The Kier molecular flexibility index (Phi) is 6.57. The van der Waals surface area contributed by atoms with Gasteiger partial charge in [-0.15, -0.1) is 0 Å². The SMILES string of the molecule is COc1ccc(OC[C@@H](O)Cn2c(SC(C)C)nc3c2c(=O)n(C)c(=O)n3C)cc1. The molecule has 0 unspecified atom stereocenters. The Labute approximate surface area is 177 Å². The fraction of sp³-hybridized carbons (Fsp3) is 0.450. The molecular weight excluding hydrogens is 408 g/mol. The molecule has 162 valence electrons. The summed E-state index contributed by atoms with van der Waals surface area (Å²) < 4.78 is 14.8. The van der Waals surface area contributed by atoms with Gasteiger partial charge < -0.3 is 19.1 Å².